The van der Waals surface area contributed by atoms with Crippen molar-refractivity contribution in [3.8, 4) is 18.0 Å². The predicted octanol–water partition coefficient (Wildman–Crippen LogP) is 4.10. The van der Waals surface area contributed by atoms with Crippen LogP contribution >= 0.6 is 0 Å². The summed E-state index contributed by atoms with van der Waals surface area (Å²) >= 11 is 0. The van der Waals surface area contributed by atoms with Crippen molar-refractivity contribution in [3.63, 3.8) is 0 Å². The highest BCUT2D eigenvalue weighted by molar-refractivity contribution is 7.81. The van der Waals surface area contributed by atoms with Crippen molar-refractivity contribution in [1.29, 1.82) is 0 Å². The molecule has 0 radical (unpaired) electrons. The summed E-state index contributed by atoms with van der Waals surface area (Å²) in [6.07, 6.45) is 13.8. The molecule has 0 unspecified atom stereocenters. The molecule has 0 saturated heterocycles. The largest absolute Gasteiger partial charge is 0.454 e. The fourth-order valence-corrected chi connectivity index (χ4v) is 2.30. The lowest BCUT2D eigenvalue weighted by atomic mass is 10.0. The van der Waals surface area contributed by atoms with Gasteiger partial charge in [0.1, 0.15) is 5.75 Å². The molecule has 0 aliphatic carbocycles. The number of hydrogen-bond acceptors (Lipinski definition) is 4. The molecule has 1 aromatic rings. The second-order valence-electron chi connectivity index (χ2n) is 5.33. The van der Waals surface area contributed by atoms with E-state index < -0.39 is 10.4 Å². The second kappa shape index (κ2) is 10.9. The molecule has 23 heavy (non-hydrogen) atoms. The molecule has 0 spiro atoms. The lowest BCUT2D eigenvalue weighted by molar-refractivity contribution is 0.367. The van der Waals surface area contributed by atoms with Gasteiger partial charge in [0.15, 0.2) is 12.2 Å². The predicted molar refractivity (Wildman–Crippen MR) is 89.2 cm³/mol. The lowest BCUT2D eigenvalue weighted by Crippen LogP contribution is -1.98. The van der Waals surface area contributed by atoms with E-state index in [1.165, 1.54) is 50.5 Å². The van der Waals surface area contributed by atoms with Crippen LogP contribution in [0.15, 0.2) is 24.3 Å². The number of hydrogen-bond donors (Lipinski definition) is 1. The van der Waals surface area contributed by atoms with Crippen LogP contribution in [0.4, 0.5) is 0 Å². The standard InChI is InChI=1S/C17H24O5S/c1-2-3-4-5-6-7-8-9-16-10-12-17(13-11-16)21-14-15-22-23(18,19)20/h10-13H,2-9H2,1H3,(H,18,19,20). The average Bonchev–Trinajstić information content (AvgIpc) is 2.51. The topological polar surface area (TPSA) is 72.8 Å². The van der Waals surface area contributed by atoms with Crippen molar-refractivity contribution in [2.45, 2.75) is 58.3 Å². The molecule has 0 aromatic heterocycles. The number of unbranched alkanes of at least 4 members (excludes halogenated alkanes) is 6. The van der Waals surface area contributed by atoms with Crippen molar-refractivity contribution >= 4 is 10.4 Å². The number of rotatable bonds is 10. The summed E-state index contributed by atoms with van der Waals surface area (Å²) in [4.78, 5) is 0. The van der Waals surface area contributed by atoms with Crippen LogP contribution in [0.2, 0.25) is 0 Å². The zero-order chi connectivity index (χ0) is 17.0. The van der Waals surface area contributed by atoms with Crippen LogP contribution in [0.3, 0.4) is 0 Å². The van der Waals surface area contributed by atoms with E-state index in [0.717, 1.165) is 6.42 Å². The molecule has 0 amide bonds. The van der Waals surface area contributed by atoms with Crippen LogP contribution in [0, 0.1) is 12.2 Å². The van der Waals surface area contributed by atoms with E-state index in [9.17, 15) is 8.42 Å². The average molecular weight is 340 g/mol. The van der Waals surface area contributed by atoms with Gasteiger partial charge in [-0.25, -0.2) is 0 Å². The molecule has 5 nitrogen and oxygen atoms in total. The molecule has 0 fully saturated rings. The van der Waals surface area contributed by atoms with E-state index in [1.54, 1.807) is 18.2 Å². The Hall–Kier alpha value is -1.71. The number of benzene rings is 1. The third-order valence-corrected chi connectivity index (χ3v) is 3.64. The first-order valence-electron chi connectivity index (χ1n) is 7.93. The molecule has 0 heterocycles. The maximum Gasteiger partial charge on any atom is 0.454 e. The molecule has 128 valence electrons. The van der Waals surface area contributed by atoms with E-state index >= 15 is 0 Å². The lowest BCUT2D eigenvalue weighted by Gasteiger charge is -2.03. The Morgan fingerprint density at radius 2 is 1.57 bits per heavy atom. The highest BCUT2D eigenvalue weighted by Gasteiger charge is 2.00. The number of aryl methyl sites for hydroxylation is 1. The minimum atomic E-state index is -4.56. The maximum absolute atomic E-state index is 10.3. The fourth-order valence-electron chi connectivity index (χ4n) is 2.16. The molecule has 1 N–H and O–H groups in total. The molecule has 0 aliphatic rings. The van der Waals surface area contributed by atoms with Gasteiger partial charge in [0.25, 0.3) is 0 Å². The van der Waals surface area contributed by atoms with E-state index in [1.807, 2.05) is 18.2 Å². The van der Waals surface area contributed by atoms with Crippen molar-refractivity contribution in [2.24, 2.45) is 0 Å². The molecule has 1 rings (SSSR count). The normalized spacial score (nSPS) is 10.7. The van der Waals surface area contributed by atoms with Gasteiger partial charge in [0, 0.05) is 0 Å². The van der Waals surface area contributed by atoms with E-state index in [2.05, 4.69) is 11.1 Å². The van der Waals surface area contributed by atoms with Crippen LogP contribution in [-0.4, -0.2) is 13.0 Å². The monoisotopic (exact) mass is 340 g/mol. The van der Waals surface area contributed by atoms with Crippen LogP contribution in [-0.2, 0) is 21.0 Å². The SMILES string of the molecule is CCCCCCCCCc1ccc(OC#COS(=O)(=O)O)cc1. The highest BCUT2D eigenvalue weighted by Crippen LogP contribution is 2.15. The van der Waals surface area contributed by atoms with Crippen molar-refractivity contribution in [3.05, 3.63) is 29.8 Å². The van der Waals surface area contributed by atoms with Crippen LogP contribution in [0.1, 0.15) is 57.4 Å². The molecular formula is C17H24O5S. The summed E-state index contributed by atoms with van der Waals surface area (Å²) in [6, 6.07) is 7.44. The van der Waals surface area contributed by atoms with Gasteiger partial charge in [-0.05, 0) is 30.5 Å². The van der Waals surface area contributed by atoms with Gasteiger partial charge in [-0.15, -0.1) is 0 Å². The molecule has 1 aromatic carbocycles. The Morgan fingerprint density at radius 3 is 2.17 bits per heavy atom. The Labute approximate surface area is 139 Å². The van der Waals surface area contributed by atoms with Gasteiger partial charge in [0.05, 0.1) is 0 Å². The third-order valence-electron chi connectivity index (χ3n) is 3.35. The smallest absolute Gasteiger partial charge is 0.405 e. The minimum absolute atomic E-state index is 0.486. The van der Waals surface area contributed by atoms with Gasteiger partial charge in [0.2, 0.25) is 0 Å². The Kier molecular flexibility index (Phi) is 9.18. The van der Waals surface area contributed by atoms with Crippen LogP contribution in [0.25, 0.3) is 0 Å². The van der Waals surface area contributed by atoms with E-state index in [-0.39, 0.29) is 0 Å². The Balaban J connectivity index is 2.23. The van der Waals surface area contributed by atoms with Gasteiger partial charge in [-0.1, -0.05) is 57.6 Å². The first kappa shape index (κ1) is 19.3. The maximum atomic E-state index is 10.3. The summed E-state index contributed by atoms with van der Waals surface area (Å²) in [5.74, 6) is 0.486. The van der Waals surface area contributed by atoms with Crippen molar-refractivity contribution in [1.82, 2.24) is 0 Å². The molecule has 0 aliphatic heterocycles. The van der Waals surface area contributed by atoms with Crippen molar-refractivity contribution in [2.75, 3.05) is 0 Å². The quantitative estimate of drug-likeness (QED) is 0.394. The zero-order valence-electron chi connectivity index (χ0n) is 13.5. The van der Waals surface area contributed by atoms with Crippen LogP contribution < -0.4 is 4.74 Å². The van der Waals surface area contributed by atoms with E-state index in [0.29, 0.717) is 5.75 Å². The summed E-state index contributed by atoms with van der Waals surface area (Å²) in [6.45, 7) is 2.22. The first-order valence-corrected chi connectivity index (χ1v) is 9.29. The van der Waals surface area contributed by atoms with Crippen molar-refractivity contribution < 1.29 is 21.9 Å². The number of ether oxygens (including phenoxy) is 1. The second-order valence-corrected chi connectivity index (χ2v) is 6.35. The van der Waals surface area contributed by atoms with Gasteiger partial charge < -0.3 is 8.92 Å². The zero-order valence-corrected chi connectivity index (χ0v) is 14.3. The fraction of sp³-hybridized carbons (Fsp3) is 0.529. The van der Waals surface area contributed by atoms with Gasteiger partial charge in [-0.3, -0.25) is 4.55 Å². The summed E-state index contributed by atoms with van der Waals surface area (Å²) in [7, 11) is -4.56. The van der Waals surface area contributed by atoms with Gasteiger partial charge in [-0.2, -0.15) is 8.42 Å². The third kappa shape index (κ3) is 10.6. The summed E-state index contributed by atoms with van der Waals surface area (Å²) in [5.41, 5.74) is 1.23. The molecule has 6 heteroatoms. The minimum Gasteiger partial charge on any atom is -0.405 e. The van der Waals surface area contributed by atoms with Gasteiger partial charge >= 0.3 is 10.4 Å². The molecule has 0 saturated carbocycles. The van der Waals surface area contributed by atoms with E-state index in [4.69, 9.17) is 9.29 Å². The molecular weight excluding hydrogens is 316 g/mol. The summed E-state index contributed by atoms with van der Waals surface area (Å²) < 4.78 is 37.6. The molecule has 0 atom stereocenters. The Bertz CT molecular complexity index is 596. The molecule has 0 bridgehead atoms. The first-order chi connectivity index (χ1) is 11.0. The Morgan fingerprint density at radius 1 is 0.957 bits per heavy atom. The van der Waals surface area contributed by atoms with Crippen LogP contribution in [0.5, 0.6) is 5.75 Å². The summed E-state index contributed by atoms with van der Waals surface area (Å²) in [5, 5.41) is 0. The highest BCUT2D eigenvalue weighted by atomic mass is 32.3.